The summed E-state index contributed by atoms with van der Waals surface area (Å²) in [5, 5.41) is 4.18. The predicted octanol–water partition coefficient (Wildman–Crippen LogP) is 5.57. The minimum atomic E-state index is -0.297. The Morgan fingerprint density at radius 3 is 2.59 bits per heavy atom. The fourth-order valence-electron chi connectivity index (χ4n) is 3.16. The summed E-state index contributed by atoms with van der Waals surface area (Å²) in [5.74, 6) is 1.83. The van der Waals surface area contributed by atoms with Crippen LogP contribution in [0.3, 0.4) is 0 Å². The van der Waals surface area contributed by atoms with E-state index >= 15 is 0 Å². The van der Waals surface area contributed by atoms with Gasteiger partial charge < -0.3 is 14.8 Å². The first kappa shape index (κ1) is 18.7. The number of benzene rings is 3. The van der Waals surface area contributed by atoms with Crippen molar-refractivity contribution in [3.8, 4) is 11.5 Å². The summed E-state index contributed by atoms with van der Waals surface area (Å²) in [4.78, 5) is 4.66. The lowest BCUT2D eigenvalue weighted by Gasteiger charge is -2.12. The summed E-state index contributed by atoms with van der Waals surface area (Å²) in [7, 11) is 1.57. The highest BCUT2D eigenvalue weighted by Gasteiger charge is 2.07. The van der Waals surface area contributed by atoms with Crippen LogP contribution < -0.4 is 14.8 Å². The van der Waals surface area contributed by atoms with E-state index in [9.17, 15) is 4.39 Å². The number of nitrogens with zero attached hydrogens (tertiary/aromatic N) is 1. The average molecular weight is 388 g/mol. The molecule has 1 N–H and O–H groups in total. The number of rotatable bonds is 7. The van der Waals surface area contributed by atoms with E-state index in [1.807, 2.05) is 60.7 Å². The standard InChI is InChI=1S/C24H21FN2O2/c1-28-22-12-10-19(25)14-18(22)15-26-24-13-11-20-21(27-24)8-5-9-23(20)29-16-17-6-3-2-4-7-17/h2-14H,15-16H2,1H3,(H,26,27). The smallest absolute Gasteiger partial charge is 0.129 e. The third-order valence-corrected chi connectivity index (χ3v) is 4.63. The molecule has 0 aliphatic heterocycles. The Labute approximate surface area is 168 Å². The summed E-state index contributed by atoms with van der Waals surface area (Å²) in [6.07, 6.45) is 0. The fraction of sp³-hybridized carbons (Fsp3) is 0.125. The lowest BCUT2D eigenvalue weighted by atomic mass is 10.2. The predicted molar refractivity (Wildman–Crippen MR) is 113 cm³/mol. The SMILES string of the molecule is COc1ccc(F)cc1CNc1ccc2c(OCc3ccccc3)cccc2n1. The van der Waals surface area contributed by atoms with Crippen LogP contribution in [0.25, 0.3) is 10.9 Å². The molecular formula is C24H21FN2O2. The summed E-state index contributed by atoms with van der Waals surface area (Å²) >= 11 is 0. The van der Waals surface area contributed by atoms with Crippen LogP contribution >= 0.6 is 0 Å². The van der Waals surface area contributed by atoms with E-state index in [1.54, 1.807) is 13.2 Å². The van der Waals surface area contributed by atoms with Gasteiger partial charge in [0.05, 0.1) is 12.6 Å². The maximum absolute atomic E-state index is 13.5. The monoisotopic (exact) mass is 388 g/mol. The summed E-state index contributed by atoms with van der Waals surface area (Å²) < 4.78 is 24.8. The molecule has 0 radical (unpaired) electrons. The quantitative estimate of drug-likeness (QED) is 0.449. The molecule has 0 amide bonds. The van der Waals surface area contributed by atoms with Crippen molar-refractivity contribution in [3.63, 3.8) is 0 Å². The van der Waals surface area contributed by atoms with Gasteiger partial charge in [0.2, 0.25) is 0 Å². The van der Waals surface area contributed by atoms with Crippen LogP contribution in [-0.2, 0) is 13.2 Å². The van der Waals surface area contributed by atoms with Crippen LogP contribution in [0, 0.1) is 5.82 Å². The largest absolute Gasteiger partial charge is 0.496 e. The molecule has 1 aromatic heterocycles. The van der Waals surface area contributed by atoms with Gasteiger partial charge in [-0.05, 0) is 48.0 Å². The summed E-state index contributed by atoms with van der Waals surface area (Å²) in [6.45, 7) is 0.906. The lowest BCUT2D eigenvalue weighted by Crippen LogP contribution is -2.04. The van der Waals surface area contributed by atoms with Crippen LogP contribution in [0.5, 0.6) is 11.5 Å². The molecule has 3 aromatic carbocycles. The minimum Gasteiger partial charge on any atom is -0.496 e. The number of hydrogen-bond acceptors (Lipinski definition) is 4. The first-order valence-electron chi connectivity index (χ1n) is 9.36. The van der Waals surface area contributed by atoms with Crippen molar-refractivity contribution in [2.45, 2.75) is 13.2 Å². The van der Waals surface area contributed by atoms with Crippen LogP contribution in [0.1, 0.15) is 11.1 Å². The topological polar surface area (TPSA) is 43.4 Å². The maximum Gasteiger partial charge on any atom is 0.129 e. The van der Waals surface area contributed by atoms with E-state index in [1.165, 1.54) is 12.1 Å². The number of ether oxygens (including phenoxy) is 2. The van der Waals surface area contributed by atoms with E-state index in [2.05, 4.69) is 10.3 Å². The first-order valence-corrected chi connectivity index (χ1v) is 9.36. The molecule has 0 saturated carbocycles. The van der Waals surface area contributed by atoms with E-state index in [0.717, 1.165) is 27.8 Å². The third kappa shape index (κ3) is 4.46. The van der Waals surface area contributed by atoms with Gasteiger partial charge in [-0.25, -0.2) is 9.37 Å². The van der Waals surface area contributed by atoms with Crippen LogP contribution in [0.2, 0.25) is 0 Å². The number of methoxy groups -OCH3 is 1. The van der Waals surface area contributed by atoms with Crippen molar-refractivity contribution in [3.05, 3.63) is 95.8 Å². The number of fused-ring (bicyclic) bond motifs is 1. The average Bonchev–Trinajstić information content (AvgIpc) is 2.77. The fourth-order valence-corrected chi connectivity index (χ4v) is 3.16. The molecule has 146 valence electrons. The van der Waals surface area contributed by atoms with Crippen molar-refractivity contribution in [2.75, 3.05) is 12.4 Å². The Hall–Kier alpha value is -3.60. The molecule has 5 heteroatoms. The van der Waals surface area contributed by atoms with Crippen LogP contribution in [-0.4, -0.2) is 12.1 Å². The molecule has 0 atom stereocenters. The molecule has 0 saturated heterocycles. The second-order valence-corrected chi connectivity index (χ2v) is 6.60. The number of halogens is 1. The zero-order valence-corrected chi connectivity index (χ0v) is 16.1. The molecule has 0 aliphatic rings. The first-order chi connectivity index (χ1) is 14.2. The van der Waals surface area contributed by atoms with Gasteiger partial charge >= 0.3 is 0 Å². The highest BCUT2D eigenvalue weighted by molar-refractivity contribution is 5.86. The number of anilines is 1. The highest BCUT2D eigenvalue weighted by Crippen LogP contribution is 2.27. The third-order valence-electron chi connectivity index (χ3n) is 4.63. The highest BCUT2D eigenvalue weighted by atomic mass is 19.1. The number of pyridine rings is 1. The zero-order valence-electron chi connectivity index (χ0n) is 16.1. The Morgan fingerprint density at radius 1 is 0.897 bits per heavy atom. The molecule has 4 aromatic rings. The van der Waals surface area contributed by atoms with Gasteiger partial charge in [-0.1, -0.05) is 36.4 Å². The van der Waals surface area contributed by atoms with Crippen molar-refractivity contribution in [2.24, 2.45) is 0 Å². The summed E-state index contributed by atoms with van der Waals surface area (Å²) in [6, 6.07) is 24.2. The number of hydrogen-bond donors (Lipinski definition) is 1. The van der Waals surface area contributed by atoms with Crippen molar-refractivity contribution < 1.29 is 13.9 Å². The van der Waals surface area contributed by atoms with Gasteiger partial charge in [0.15, 0.2) is 0 Å². The second kappa shape index (κ2) is 8.61. The second-order valence-electron chi connectivity index (χ2n) is 6.60. The van der Waals surface area contributed by atoms with E-state index < -0.39 is 0 Å². The van der Waals surface area contributed by atoms with Gasteiger partial charge in [-0.3, -0.25) is 0 Å². The maximum atomic E-state index is 13.5. The molecule has 0 bridgehead atoms. The molecule has 1 heterocycles. The molecule has 4 rings (SSSR count). The zero-order chi connectivity index (χ0) is 20.1. The molecule has 0 unspecified atom stereocenters. The van der Waals surface area contributed by atoms with E-state index in [4.69, 9.17) is 9.47 Å². The van der Waals surface area contributed by atoms with Gasteiger partial charge in [0.1, 0.15) is 29.7 Å². The van der Waals surface area contributed by atoms with Gasteiger partial charge in [-0.2, -0.15) is 0 Å². The molecule has 0 aliphatic carbocycles. The molecular weight excluding hydrogens is 367 g/mol. The van der Waals surface area contributed by atoms with Gasteiger partial charge in [0.25, 0.3) is 0 Å². The van der Waals surface area contributed by atoms with Crippen molar-refractivity contribution in [1.82, 2.24) is 4.98 Å². The molecule has 0 spiro atoms. The Morgan fingerprint density at radius 2 is 1.76 bits per heavy atom. The Balaban J connectivity index is 1.50. The van der Waals surface area contributed by atoms with Crippen LogP contribution in [0.15, 0.2) is 78.9 Å². The molecule has 4 nitrogen and oxygen atoms in total. The van der Waals surface area contributed by atoms with Gasteiger partial charge in [-0.15, -0.1) is 0 Å². The molecule has 29 heavy (non-hydrogen) atoms. The van der Waals surface area contributed by atoms with E-state index in [0.29, 0.717) is 24.7 Å². The number of aromatic nitrogens is 1. The van der Waals surface area contributed by atoms with Crippen molar-refractivity contribution >= 4 is 16.7 Å². The van der Waals surface area contributed by atoms with Crippen LogP contribution in [0.4, 0.5) is 10.2 Å². The number of nitrogens with one attached hydrogen (secondary N) is 1. The van der Waals surface area contributed by atoms with Gasteiger partial charge in [0, 0.05) is 17.5 Å². The summed E-state index contributed by atoms with van der Waals surface area (Å²) in [5.41, 5.74) is 2.67. The molecule has 0 fully saturated rings. The normalized spacial score (nSPS) is 10.7. The lowest BCUT2D eigenvalue weighted by molar-refractivity contribution is 0.310. The Bertz CT molecular complexity index is 1120. The Kier molecular flexibility index (Phi) is 5.56. The van der Waals surface area contributed by atoms with Crippen molar-refractivity contribution in [1.29, 1.82) is 0 Å². The minimum absolute atomic E-state index is 0.297. The van der Waals surface area contributed by atoms with E-state index in [-0.39, 0.29) is 5.82 Å².